The minimum atomic E-state index is -0.304. The molecule has 0 spiro atoms. The van der Waals surface area contributed by atoms with Crippen molar-refractivity contribution in [3.63, 3.8) is 0 Å². The van der Waals surface area contributed by atoms with E-state index >= 15 is 0 Å². The Labute approximate surface area is 120 Å². The highest BCUT2D eigenvalue weighted by Crippen LogP contribution is 2.24. The predicted octanol–water partition coefficient (Wildman–Crippen LogP) is 1.88. The molecular weight excluding hydrogens is 252 g/mol. The van der Waals surface area contributed by atoms with Gasteiger partial charge in [0.1, 0.15) is 0 Å². The normalized spacial score (nSPS) is 21.9. The molecule has 0 aliphatic carbocycles. The van der Waals surface area contributed by atoms with Gasteiger partial charge in [0.05, 0.1) is 18.2 Å². The molecule has 0 aromatic heterocycles. The van der Waals surface area contributed by atoms with Crippen LogP contribution in [-0.2, 0) is 4.74 Å². The first kappa shape index (κ1) is 15.0. The van der Waals surface area contributed by atoms with E-state index in [2.05, 4.69) is 0 Å². The van der Waals surface area contributed by atoms with Crippen molar-refractivity contribution < 1.29 is 9.53 Å². The highest BCUT2D eigenvalue weighted by Gasteiger charge is 2.38. The maximum atomic E-state index is 12.8. The Kier molecular flexibility index (Phi) is 4.16. The molecule has 0 saturated carbocycles. The van der Waals surface area contributed by atoms with Gasteiger partial charge in [-0.1, -0.05) is 6.07 Å². The second-order valence-electron chi connectivity index (χ2n) is 6.20. The average molecular weight is 276 g/mol. The van der Waals surface area contributed by atoms with Crippen LogP contribution < -0.4 is 5.73 Å². The summed E-state index contributed by atoms with van der Waals surface area (Å²) in [4.78, 5) is 14.7. The van der Waals surface area contributed by atoms with Crippen molar-refractivity contribution in [2.75, 3.05) is 19.7 Å². The molecule has 1 aliphatic rings. The molecule has 110 valence electrons. The zero-order valence-corrected chi connectivity index (χ0v) is 12.8. The Balaban J connectivity index is 2.27. The van der Waals surface area contributed by atoms with Gasteiger partial charge in [-0.05, 0) is 51.0 Å². The van der Waals surface area contributed by atoms with Gasteiger partial charge in [0, 0.05) is 18.7 Å². The number of benzene rings is 1. The molecule has 1 aromatic carbocycles. The largest absolute Gasteiger partial charge is 0.373 e. The first-order valence-corrected chi connectivity index (χ1v) is 7.06. The SMILES string of the molecule is Cc1ccc(C(=O)N2CC(CN)OCC2(C)C)cc1C. The van der Waals surface area contributed by atoms with E-state index in [1.807, 2.05) is 50.8 Å². The smallest absolute Gasteiger partial charge is 0.254 e. The highest BCUT2D eigenvalue weighted by atomic mass is 16.5. The topological polar surface area (TPSA) is 55.6 Å². The maximum Gasteiger partial charge on any atom is 0.254 e. The van der Waals surface area contributed by atoms with Crippen molar-refractivity contribution in [3.05, 3.63) is 34.9 Å². The summed E-state index contributed by atoms with van der Waals surface area (Å²) in [6.07, 6.45) is -0.0708. The van der Waals surface area contributed by atoms with E-state index in [4.69, 9.17) is 10.5 Å². The van der Waals surface area contributed by atoms with E-state index in [1.165, 1.54) is 5.56 Å². The molecule has 0 bridgehead atoms. The highest BCUT2D eigenvalue weighted by molar-refractivity contribution is 5.95. The number of ether oxygens (including phenoxy) is 1. The molecular formula is C16H24N2O2. The van der Waals surface area contributed by atoms with Crippen molar-refractivity contribution in [1.29, 1.82) is 0 Å². The third-order valence-corrected chi connectivity index (χ3v) is 4.05. The summed E-state index contributed by atoms with van der Waals surface area (Å²) in [7, 11) is 0. The Morgan fingerprint density at radius 2 is 2.10 bits per heavy atom. The minimum absolute atomic E-state index is 0.0554. The van der Waals surface area contributed by atoms with E-state index in [0.29, 0.717) is 19.7 Å². The second-order valence-corrected chi connectivity index (χ2v) is 6.20. The lowest BCUT2D eigenvalue weighted by molar-refractivity contribution is -0.0788. The molecule has 1 unspecified atom stereocenters. The fourth-order valence-corrected chi connectivity index (χ4v) is 2.43. The summed E-state index contributed by atoms with van der Waals surface area (Å²) in [6, 6.07) is 5.85. The van der Waals surface area contributed by atoms with Gasteiger partial charge in [0.15, 0.2) is 0 Å². The quantitative estimate of drug-likeness (QED) is 0.897. The molecule has 0 radical (unpaired) electrons. The monoisotopic (exact) mass is 276 g/mol. The molecule has 2 N–H and O–H groups in total. The number of hydrogen-bond donors (Lipinski definition) is 1. The average Bonchev–Trinajstić information content (AvgIpc) is 2.41. The van der Waals surface area contributed by atoms with Crippen LogP contribution in [-0.4, -0.2) is 42.1 Å². The van der Waals surface area contributed by atoms with Gasteiger partial charge in [0.2, 0.25) is 0 Å². The summed E-state index contributed by atoms with van der Waals surface area (Å²) in [5.41, 5.74) is 8.44. The van der Waals surface area contributed by atoms with Crippen LogP contribution in [0.1, 0.15) is 35.3 Å². The summed E-state index contributed by atoms with van der Waals surface area (Å²) < 4.78 is 5.68. The third-order valence-electron chi connectivity index (χ3n) is 4.05. The van der Waals surface area contributed by atoms with Gasteiger partial charge in [-0.3, -0.25) is 4.79 Å². The van der Waals surface area contributed by atoms with E-state index in [0.717, 1.165) is 11.1 Å². The third kappa shape index (κ3) is 2.86. The molecule has 4 nitrogen and oxygen atoms in total. The van der Waals surface area contributed by atoms with Crippen LogP contribution in [0.3, 0.4) is 0 Å². The van der Waals surface area contributed by atoms with E-state index in [1.54, 1.807) is 0 Å². The van der Waals surface area contributed by atoms with Crippen LogP contribution in [0.2, 0.25) is 0 Å². The predicted molar refractivity (Wildman–Crippen MR) is 79.8 cm³/mol. The van der Waals surface area contributed by atoms with Crippen molar-refractivity contribution in [1.82, 2.24) is 4.90 Å². The number of hydrogen-bond acceptors (Lipinski definition) is 3. The summed E-state index contributed by atoms with van der Waals surface area (Å²) in [6.45, 7) is 9.64. The maximum absolute atomic E-state index is 12.8. The summed E-state index contributed by atoms with van der Waals surface area (Å²) in [5, 5.41) is 0. The number of carbonyl (C=O) groups is 1. The van der Waals surface area contributed by atoms with Gasteiger partial charge in [-0.15, -0.1) is 0 Å². The van der Waals surface area contributed by atoms with E-state index < -0.39 is 0 Å². The first-order chi connectivity index (χ1) is 9.35. The molecule has 1 heterocycles. The van der Waals surface area contributed by atoms with Crippen LogP contribution in [0.25, 0.3) is 0 Å². The van der Waals surface area contributed by atoms with Gasteiger partial charge in [0.25, 0.3) is 5.91 Å². The van der Waals surface area contributed by atoms with Crippen LogP contribution in [0.4, 0.5) is 0 Å². The molecule has 20 heavy (non-hydrogen) atoms. The lowest BCUT2D eigenvalue weighted by atomic mass is 9.98. The summed E-state index contributed by atoms with van der Waals surface area (Å²) >= 11 is 0. The van der Waals surface area contributed by atoms with E-state index in [-0.39, 0.29) is 17.6 Å². The molecule has 1 fully saturated rings. The lowest BCUT2D eigenvalue weighted by Gasteiger charge is -2.45. The van der Waals surface area contributed by atoms with Crippen molar-refractivity contribution in [2.45, 2.75) is 39.3 Å². The zero-order valence-electron chi connectivity index (χ0n) is 12.8. The Hall–Kier alpha value is -1.39. The molecule has 1 aromatic rings. The van der Waals surface area contributed by atoms with Crippen LogP contribution in [0.5, 0.6) is 0 Å². The summed E-state index contributed by atoms with van der Waals surface area (Å²) in [5.74, 6) is 0.0554. The van der Waals surface area contributed by atoms with E-state index in [9.17, 15) is 4.79 Å². The van der Waals surface area contributed by atoms with Crippen molar-refractivity contribution in [3.8, 4) is 0 Å². The first-order valence-electron chi connectivity index (χ1n) is 7.06. The molecule has 1 saturated heterocycles. The van der Waals surface area contributed by atoms with Gasteiger partial charge in [-0.25, -0.2) is 0 Å². The standard InChI is InChI=1S/C16H24N2O2/c1-11-5-6-13(7-12(11)2)15(19)18-9-14(8-17)20-10-16(18,3)4/h5-7,14H,8-10,17H2,1-4H3. The van der Waals surface area contributed by atoms with Crippen LogP contribution in [0, 0.1) is 13.8 Å². The number of rotatable bonds is 2. The number of carbonyl (C=O) groups excluding carboxylic acids is 1. The Bertz CT molecular complexity index is 511. The number of nitrogens with zero attached hydrogens (tertiary/aromatic N) is 1. The Morgan fingerprint density at radius 3 is 2.70 bits per heavy atom. The Morgan fingerprint density at radius 1 is 1.40 bits per heavy atom. The molecule has 1 amide bonds. The molecule has 1 atom stereocenters. The lowest BCUT2D eigenvalue weighted by Crippen LogP contribution is -2.59. The number of morpholine rings is 1. The van der Waals surface area contributed by atoms with Crippen molar-refractivity contribution in [2.24, 2.45) is 5.73 Å². The second kappa shape index (κ2) is 5.54. The number of aryl methyl sites for hydroxylation is 2. The van der Waals surface area contributed by atoms with Crippen LogP contribution in [0.15, 0.2) is 18.2 Å². The minimum Gasteiger partial charge on any atom is -0.373 e. The van der Waals surface area contributed by atoms with Gasteiger partial charge in [-0.2, -0.15) is 0 Å². The fraction of sp³-hybridized carbons (Fsp3) is 0.562. The molecule has 4 heteroatoms. The number of amides is 1. The van der Waals surface area contributed by atoms with Gasteiger partial charge < -0.3 is 15.4 Å². The van der Waals surface area contributed by atoms with Crippen molar-refractivity contribution >= 4 is 5.91 Å². The van der Waals surface area contributed by atoms with Crippen LogP contribution >= 0.6 is 0 Å². The molecule has 2 rings (SSSR count). The molecule has 1 aliphatic heterocycles. The van der Waals surface area contributed by atoms with Gasteiger partial charge >= 0.3 is 0 Å². The fourth-order valence-electron chi connectivity index (χ4n) is 2.43. The number of nitrogens with two attached hydrogens (primary N) is 1. The zero-order chi connectivity index (χ0) is 14.9.